The molecule has 0 spiro atoms. The Hall–Kier alpha value is -0.776. The second-order valence-electron chi connectivity index (χ2n) is 3.71. The Morgan fingerprint density at radius 2 is 2.00 bits per heavy atom. The summed E-state index contributed by atoms with van der Waals surface area (Å²) < 4.78 is 0. The standard InChI is InChI=1S/C11H7N2.C4H9.C2H6.Y/c1-8-9(6-12)7-13-11-5-3-2-4-10(8)11;1-3-4-2;1-2;/h2,4-5,7H,1H3;1,3-4H2,2H3;1-2H3;/q2*-1;;. The molecule has 0 aliphatic rings. The molecule has 2 rings (SSSR count). The number of hydrogen-bond acceptors (Lipinski definition) is 2. The average Bonchev–Trinajstić information content (AvgIpc) is 2.50. The molecule has 2 aromatic rings. The van der Waals surface area contributed by atoms with Gasteiger partial charge >= 0.3 is 0 Å². The number of fused-ring (bicyclic) bond motifs is 1. The van der Waals surface area contributed by atoms with Gasteiger partial charge in [-0.05, 0) is 18.0 Å². The van der Waals surface area contributed by atoms with Gasteiger partial charge in [0.15, 0.2) is 0 Å². The molecule has 0 N–H and O–H groups in total. The number of benzene rings is 1. The molecule has 3 heteroatoms. The van der Waals surface area contributed by atoms with E-state index in [9.17, 15) is 0 Å². The smallest absolute Gasteiger partial charge is 0.101 e. The molecular weight excluding hydrogens is 321 g/mol. The van der Waals surface area contributed by atoms with Gasteiger partial charge in [0.25, 0.3) is 0 Å². The summed E-state index contributed by atoms with van der Waals surface area (Å²) in [6.45, 7) is 11.7. The molecule has 0 unspecified atom stereocenters. The van der Waals surface area contributed by atoms with E-state index in [0.717, 1.165) is 22.9 Å². The minimum atomic E-state index is 0. The van der Waals surface area contributed by atoms with E-state index in [0.29, 0.717) is 5.56 Å². The Kier molecular flexibility index (Phi) is 14.2. The number of unbranched alkanes of at least 4 members (excludes halogenated alkanes) is 1. The number of rotatable bonds is 1. The first kappa shape index (κ1) is 21.5. The Bertz CT molecular complexity index is 528. The van der Waals surface area contributed by atoms with E-state index in [-0.39, 0.29) is 32.7 Å². The molecule has 0 saturated carbocycles. The molecule has 0 aliphatic carbocycles. The van der Waals surface area contributed by atoms with Gasteiger partial charge in [0.1, 0.15) is 6.07 Å². The number of pyridine rings is 1. The van der Waals surface area contributed by atoms with E-state index in [1.807, 2.05) is 39.0 Å². The van der Waals surface area contributed by atoms with Gasteiger partial charge in [-0.2, -0.15) is 35.9 Å². The van der Waals surface area contributed by atoms with Gasteiger partial charge in [0, 0.05) is 38.9 Å². The molecule has 0 amide bonds. The van der Waals surface area contributed by atoms with Crippen LogP contribution in [-0.2, 0) is 32.7 Å². The molecule has 1 aromatic heterocycles. The monoisotopic (exact) mass is 343 g/mol. The van der Waals surface area contributed by atoms with Crippen molar-refractivity contribution in [3.05, 3.63) is 48.5 Å². The summed E-state index contributed by atoms with van der Waals surface area (Å²) in [5.74, 6) is 0. The van der Waals surface area contributed by atoms with Crippen molar-refractivity contribution in [3.8, 4) is 6.07 Å². The number of aryl methyl sites for hydroxylation is 1. The summed E-state index contributed by atoms with van der Waals surface area (Å²) in [7, 11) is 0. The van der Waals surface area contributed by atoms with Crippen LogP contribution in [0.25, 0.3) is 10.9 Å². The van der Waals surface area contributed by atoms with Crippen LogP contribution in [0.5, 0.6) is 0 Å². The van der Waals surface area contributed by atoms with Crippen LogP contribution in [0.15, 0.2) is 24.4 Å². The van der Waals surface area contributed by atoms with E-state index in [2.05, 4.69) is 31.0 Å². The summed E-state index contributed by atoms with van der Waals surface area (Å²) in [4.78, 5) is 4.16. The van der Waals surface area contributed by atoms with Crippen LogP contribution in [0, 0.1) is 31.2 Å². The largest absolute Gasteiger partial charge is 0.343 e. The van der Waals surface area contributed by atoms with E-state index in [4.69, 9.17) is 5.26 Å². The van der Waals surface area contributed by atoms with Crippen LogP contribution in [0.1, 0.15) is 44.7 Å². The van der Waals surface area contributed by atoms with Gasteiger partial charge in [-0.25, -0.2) is 0 Å². The molecule has 0 fully saturated rings. The van der Waals surface area contributed by atoms with Crippen LogP contribution >= 0.6 is 0 Å². The van der Waals surface area contributed by atoms with Crippen LogP contribution in [0.2, 0.25) is 0 Å². The molecule has 0 bridgehead atoms. The minimum Gasteiger partial charge on any atom is -0.343 e. The molecule has 0 atom stereocenters. The van der Waals surface area contributed by atoms with E-state index in [1.54, 1.807) is 6.20 Å². The Morgan fingerprint density at radius 1 is 1.40 bits per heavy atom. The van der Waals surface area contributed by atoms with Crippen LogP contribution in [0.3, 0.4) is 0 Å². The predicted molar refractivity (Wildman–Crippen MR) is 81.6 cm³/mol. The fourth-order valence-electron chi connectivity index (χ4n) is 1.33. The third-order valence-electron chi connectivity index (χ3n) is 2.46. The molecule has 1 aromatic carbocycles. The maximum atomic E-state index is 8.78. The third-order valence-corrected chi connectivity index (χ3v) is 2.46. The average molecular weight is 343 g/mol. The van der Waals surface area contributed by atoms with Crippen LogP contribution in [-0.4, -0.2) is 4.98 Å². The molecule has 105 valence electrons. The minimum absolute atomic E-state index is 0. The second-order valence-corrected chi connectivity index (χ2v) is 3.71. The summed E-state index contributed by atoms with van der Waals surface area (Å²) in [6.07, 6.45) is 3.88. The van der Waals surface area contributed by atoms with Crippen molar-refractivity contribution in [3.63, 3.8) is 0 Å². The quantitative estimate of drug-likeness (QED) is 0.694. The second kappa shape index (κ2) is 13.2. The molecular formula is C17H22N2Y-2. The van der Waals surface area contributed by atoms with Crippen molar-refractivity contribution in [1.29, 1.82) is 5.26 Å². The van der Waals surface area contributed by atoms with Crippen molar-refractivity contribution in [2.24, 2.45) is 0 Å². The third kappa shape index (κ3) is 6.59. The van der Waals surface area contributed by atoms with Gasteiger partial charge in [0.2, 0.25) is 0 Å². The van der Waals surface area contributed by atoms with Gasteiger partial charge < -0.3 is 11.9 Å². The first-order valence-corrected chi connectivity index (χ1v) is 6.69. The fourth-order valence-corrected chi connectivity index (χ4v) is 1.33. The maximum absolute atomic E-state index is 8.78. The maximum Gasteiger partial charge on any atom is 0.101 e. The Labute approximate surface area is 148 Å². The predicted octanol–water partition coefficient (Wildman–Crippen LogP) is 4.86. The number of hydrogen-bond donors (Lipinski definition) is 0. The SMILES string of the molecule is CC.Cc1c(C#N)cnc2c[c-]ccc12.[CH2-]CCC.[Y]. The summed E-state index contributed by atoms with van der Waals surface area (Å²) in [5.41, 5.74) is 2.51. The van der Waals surface area contributed by atoms with Gasteiger partial charge in [-0.1, -0.05) is 27.2 Å². The van der Waals surface area contributed by atoms with Gasteiger partial charge in [-0.3, -0.25) is 0 Å². The topological polar surface area (TPSA) is 36.7 Å². The van der Waals surface area contributed by atoms with Crippen LogP contribution in [0.4, 0.5) is 0 Å². The Balaban J connectivity index is 0. The molecule has 0 aliphatic heterocycles. The summed E-state index contributed by atoms with van der Waals surface area (Å²) >= 11 is 0. The Morgan fingerprint density at radius 3 is 2.50 bits per heavy atom. The zero-order chi connectivity index (χ0) is 14.7. The summed E-state index contributed by atoms with van der Waals surface area (Å²) in [6, 6.07) is 10.7. The first-order chi connectivity index (χ1) is 9.24. The molecule has 0 saturated heterocycles. The molecule has 1 heterocycles. The van der Waals surface area contributed by atoms with E-state index >= 15 is 0 Å². The zero-order valence-electron chi connectivity index (χ0n) is 12.9. The normalized spacial score (nSPS) is 8.20. The van der Waals surface area contributed by atoms with Gasteiger partial charge in [-0.15, -0.1) is 5.39 Å². The van der Waals surface area contributed by atoms with Crippen molar-refractivity contribution in [1.82, 2.24) is 4.98 Å². The van der Waals surface area contributed by atoms with E-state index in [1.165, 1.54) is 6.42 Å². The first-order valence-electron chi connectivity index (χ1n) is 6.69. The van der Waals surface area contributed by atoms with Crippen molar-refractivity contribution < 1.29 is 32.7 Å². The van der Waals surface area contributed by atoms with E-state index < -0.39 is 0 Å². The fraction of sp³-hybridized carbons (Fsp3) is 0.353. The summed E-state index contributed by atoms with van der Waals surface area (Å²) in [5, 5.41) is 9.81. The van der Waals surface area contributed by atoms with Crippen molar-refractivity contribution >= 4 is 10.9 Å². The molecule has 20 heavy (non-hydrogen) atoms. The molecule has 2 nitrogen and oxygen atoms in total. The van der Waals surface area contributed by atoms with Crippen molar-refractivity contribution in [2.75, 3.05) is 0 Å². The zero-order valence-corrected chi connectivity index (χ0v) is 15.7. The van der Waals surface area contributed by atoms with Crippen molar-refractivity contribution in [2.45, 2.75) is 40.5 Å². The van der Waals surface area contributed by atoms with Crippen LogP contribution < -0.4 is 0 Å². The molecule has 1 radical (unpaired) electrons. The number of aromatic nitrogens is 1. The number of nitrogens with zero attached hydrogens (tertiary/aromatic N) is 2. The number of nitriles is 1. The van der Waals surface area contributed by atoms with Gasteiger partial charge in [0.05, 0.1) is 5.56 Å².